The van der Waals surface area contributed by atoms with Crippen LogP contribution in [0.25, 0.3) is 0 Å². The Morgan fingerprint density at radius 2 is 1.95 bits per heavy atom. The fraction of sp³-hybridized carbons (Fsp3) is 0.867. The lowest BCUT2D eigenvalue weighted by Crippen LogP contribution is -2.52. The fourth-order valence-corrected chi connectivity index (χ4v) is 2.56. The van der Waals surface area contributed by atoms with Crippen molar-refractivity contribution in [3.8, 4) is 0 Å². The first-order chi connectivity index (χ1) is 9.21. The Balaban J connectivity index is 2.71. The molecule has 0 aromatic heterocycles. The molecule has 1 heterocycles. The van der Waals surface area contributed by atoms with Crippen molar-refractivity contribution < 1.29 is 14.7 Å². The molecule has 5 heteroatoms. The van der Waals surface area contributed by atoms with Crippen molar-refractivity contribution in [3.05, 3.63) is 0 Å². The Morgan fingerprint density at radius 3 is 2.50 bits per heavy atom. The van der Waals surface area contributed by atoms with Crippen LogP contribution in [-0.4, -0.2) is 40.6 Å². The molecule has 0 bridgehead atoms. The molecule has 0 aliphatic carbocycles. The fourth-order valence-electron chi connectivity index (χ4n) is 2.56. The van der Waals surface area contributed by atoms with E-state index in [4.69, 9.17) is 5.11 Å². The summed E-state index contributed by atoms with van der Waals surface area (Å²) in [6, 6.07) is -0.258. The highest BCUT2D eigenvalue weighted by molar-refractivity contribution is 5.76. The normalized spacial score (nSPS) is 22.0. The van der Waals surface area contributed by atoms with E-state index in [9.17, 15) is 9.59 Å². The Hall–Kier alpha value is -1.26. The van der Waals surface area contributed by atoms with Gasteiger partial charge in [0.05, 0.1) is 6.42 Å². The van der Waals surface area contributed by atoms with Crippen molar-refractivity contribution in [1.82, 2.24) is 10.2 Å². The zero-order chi connectivity index (χ0) is 15.3. The highest BCUT2D eigenvalue weighted by Gasteiger charge is 2.31. The van der Waals surface area contributed by atoms with Crippen molar-refractivity contribution in [2.45, 2.75) is 71.9 Å². The molecule has 0 radical (unpaired) electrons. The van der Waals surface area contributed by atoms with E-state index in [1.54, 1.807) is 0 Å². The van der Waals surface area contributed by atoms with Crippen LogP contribution in [0.4, 0.5) is 4.79 Å². The maximum Gasteiger partial charge on any atom is 0.317 e. The molecule has 2 unspecified atom stereocenters. The van der Waals surface area contributed by atoms with Gasteiger partial charge in [-0.25, -0.2) is 4.79 Å². The predicted molar refractivity (Wildman–Crippen MR) is 78.7 cm³/mol. The molecule has 0 saturated carbocycles. The van der Waals surface area contributed by atoms with Crippen LogP contribution in [-0.2, 0) is 4.79 Å². The summed E-state index contributed by atoms with van der Waals surface area (Å²) in [5.74, 6) is -0.880. The second-order valence-corrected chi connectivity index (χ2v) is 6.86. The third kappa shape index (κ3) is 5.02. The molecule has 0 spiro atoms. The van der Waals surface area contributed by atoms with Crippen LogP contribution in [0, 0.1) is 5.41 Å². The average Bonchev–Trinajstić information content (AvgIpc) is 2.51. The maximum absolute atomic E-state index is 12.4. The molecule has 0 aromatic carbocycles. The van der Waals surface area contributed by atoms with Gasteiger partial charge in [0, 0.05) is 18.6 Å². The van der Waals surface area contributed by atoms with Gasteiger partial charge in [-0.3, -0.25) is 4.79 Å². The predicted octanol–water partition coefficient (Wildman–Crippen LogP) is 2.85. The number of hydrogen-bond acceptors (Lipinski definition) is 2. The summed E-state index contributed by atoms with van der Waals surface area (Å²) < 4.78 is 0. The minimum atomic E-state index is -0.880. The van der Waals surface area contributed by atoms with Gasteiger partial charge in [-0.1, -0.05) is 33.6 Å². The van der Waals surface area contributed by atoms with E-state index in [1.165, 1.54) is 0 Å². The monoisotopic (exact) mass is 284 g/mol. The first kappa shape index (κ1) is 16.8. The molecule has 2 atom stereocenters. The van der Waals surface area contributed by atoms with E-state index in [0.29, 0.717) is 0 Å². The van der Waals surface area contributed by atoms with Crippen LogP contribution in [0.5, 0.6) is 0 Å². The second-order valence-electron chi connectivity index (χ2n) is 6.86. The van der Waals surface area contributed by atoms with E-state index in [-0.39, 0.29) is 30.0 Å². The molecule has 2 N–H and O–H groups in total. The van der Waals surface area contributed by atoms with Crippen molar-refractivity contribution in [3.63, 3.8) is 0 Å². The van der Waals surface area contributed by atoms with Crippen LogP contribution in [0.1, 0.15) is 59.8 Å². The Morgan fingerprint density at radius 1 is 1.30 bits per heavy atom. The van der Waals surface area contributed by atoms with E-state index in [0.717, 1.165) is 32.2 Å². The van der Waals surface area contributed by atoms with Gasteiger partial charge in [0.2, 0.25) is 0 Å². The van der Waals surface area contributed by atoms with Crippen LogP contribution in [0.3, 0.4) is 0 Å². The lowest BCUT2D eigenvalue weighted by Gasteiger charge is -2.34. The van der Waals surface area contributed by atoms with Gasteiger partial charge in [0.1, 0.15) is 0 Å². The second kappa shape index (κ2) is 6.95. The van der Waals surface area contributed by atoms with E-state index in [1.807, 2.05) is 25.7 Å². The molecule has 5 nitrogen and oxygen atoms in total. The number of carboxylic acid groups (broad SMARTS) is 1. The van der Waals surface area contributed by atoms with Crippen LogP contribution >= 0.6 is 0 Å². The zero-order valence-electron chi connectivity index (χ0n) is 13.1. The lowest BCUT2D eigenvalue weighted by atomic mass is 9.85. The number of carbonyl (C=O) groups is 2. The molecule has 1 rings (SSSR count). The van der Waals surface area contributed by atoms with E-state index >= 15 is 0 Å². The van der Waals surface area contributed by atoms with Crippen molar-refractivity contribution in [1.29, 1.82) is 0 Å². The van der Waals surface area contributed by atoms with Gasteiger partial charge in [-0.05, 0) is 25.2 Å². The number of aliphatic carboxylic acids is 1. The Bertz CT molecular complexity index is 350. The zero-order valence-corrected chi connectivity index (χ0v) is 13.1. The van der Waals surface area contributed by atoms with Crippen LogP contribution in [0.15, 0.2) is 0 Å². The van der Waals surface area contributed by atoms with Crippen LogP contribution < -0.4 is 5.32 Å². The first-order valence-electron chi connectivity index (χ1n) is 7.50. The number of nitrogens with one attached hydrogen (secondary N) is 1. The quantitative estimate of drug-likeness (QED) is 0.837. The van der Waals surface area contributed by atoms with E-state index in [2.05, 4.69) is 12.2 Å². The lowest BCUT2D eigenvalue weighted by molar-refractivity contribution is -0.138. The van der Waals surface area contributed by atoms with Crippen molar-refractivity contribution in [2.24, 2.45) is 5.41 Å². The molecular formula is C15H28N2O3. The summed E-state index contributed by atoms with van der Waals surface area (Å²) in [6.45, 7) is 8.68. The molecule has 0 aromatic rings. The molecular weight excluding hydrogens is 256 g/mol. The van der Waals surface area contributed by atoms with Gasteiger partial charge >= 0.3 is 12.0 Å². The topological polar surface area (TPSA) is 69.6 Å². The molecule has 1 aliphatic rings. The number of rotatable bonds is 3. The van der Waals surface area contributed by atoms with E-state index < -0.39 is 5.97 Å². The number of nitrogens with zero attached hydrogens (tertiary/aromatic N) is 1. The molecule has 116 valence electrons. The van der Waals surface area contributed by atoms with Gasteiger partial charge in [-0.2, -0.15) is 0 Å². The minimum Gasteiger partial charge on any atom is -0.481 e. The molecule has 1 saturated heterocycles. The van der Waals surface area contributed by atoms with Crippen LogP contribution in [0.2, 0.25) is 0 Å². The third-order valence-corrected chi connectivity index (χ3v) is 4.04. The standard InChI is InChI=1S/C15H28N2O3/c1-11-8-6-5-7-9-17(11)14(20)16-12(10-13(18)19)15(2,3)4/h11-12H,5-10H2,1-4H3,(H,16,20)(H,18,19). The number of carboxylic acids is 1. The van der Waals surface area contributed by atoms with Gasteiger partial charge in [-0.15, -0.1) is 0 Å². The van der Waals surface area contributed by atoms with Crippen molar-refractivity contribution in [2.75, 3.05) is 6.54 Å². The molecule has 2 amide bonds. The summed E-state index contributed by atoms with van der Waals surface area (Å²) in [5.41, 5.74) is -0.275. The summed E-state index contributed by atoms with van der Waals surface area (Å²) in [6.07, 6.45) is 4.32. The third-order valence-electron chi connectivity index (χ3n) is 4.04. The SMILES string of the molecule is CC1CCCCCN1C(=O)NC(CC(=O)O)C(C)(C)C. The average molecular weight is 284 g/mol. The minimum absolute atomic E-state index is 0.0442. The van der Waals surface area contributed by atoms with Crippen molar-refractivity contribution >= 4 is 12.0 Å². The number of carbonyl (C=O) groups excluding carboxylic acids is 1. The summed E-state index contributed by atoms with van der Waals surface area (Å²) >= 11 is 0. The Kier molecular flexibility index (Phi) is 5.84. The summed E-state index contributed by atoms with van der Waals surface area (Å²) in [5, 5.41) is 11.9. The number of urea groups is 1. The highest BCUT2D eigenvalue weighted by Crippen LogP contribution is 2.23. The summed E-state index contributed by atoms with van der Waals surface area (Å²) in [7, 11) is 0. The first-order valence-corrected chi connectivity index (χ1v) is 7.50. The molecule has 1 fully saturated rings. The smallest absolute Gasteiger partial charge is 0.317 e. The maximum atomic E-state index is 12.4. The number of amides is 2. The highest BCUT2D eigenvalue weighted by atomic mass is 16.4. The largest absolute Gasteiger partial charge is 0.481 e. The van der Waals surface area contributed by atoms with Gasteiger partial charge < -0.3 is 15.3 Å². The van der Waals surface area contributed by atoms with Gasteiger partial charge in [0.25, 0.3) is 0 Å². The molecule has 20 heavy (non-hydrogen) atoms. The Labute approximate surface area is 121 Å². The summed E-state index contributed by atoms with van der Waals surface area (Å²) in [4.78, 5) is 25.2. The molecule has 1 aliphatic heterocycles. The number of hydrogen-bond donors (Lipinski definition) is 2. The number of likely N-dealkylation sites (tertiary alicyclic amines) is 1. The van der Waals surface area contributed by atoms with Gasteiger partial charge in [0.15, 0.2) is 0 Å².